The van der Waals surface area contributed by atoms with Gasteiger partial charge in [-0.2, -0.15) is 0 Å². The normalized spacial score (nSPS) is 24.4. The van der Waals surface area contributed by atoms with Gasteiger partial charge in [-0.1, -0.05) is 18.0 Å². The lowest BCUT2D eigenvalue weighted by atomic mass is 10.1. The first-order chi connectivity index (χ1) is 12.8. The maximum absolute atomic E-state index is 11.5. The fourth-order valence-corrected chi connectivity index (χ4v) is 4.83. The van der Waals surface area contributed by atoms with E-state index in [2.05, 4.69) is 19.5 Å². The molecule has 1 saturated heterocycles. The van der Waals surface area contributed by atoms with Crippen molar-refractivity contribution >= 4 is 33.3 Å². The van der Waals surface area contributed by atoms with Gasteiger partial charge in [0.15, 0.2) is 5.96 Å². The molecular weight excluding hydrogens is 386 g/mol. The molecule has 1 aliphatic heterocycles. The van der Waals surface area contributed by atoms with Gasteiger partial charge < -0.3 is 15.5 Å². The van der Waals surface area contributed by atoms with Crippen LogP contribution in [0.1, 0.15) is 19.3 Å². The summed E-state index contributed by atoms with van der Waals surface area (Å²) in [5.74, 6) is 0.768. The van der Waals surface area contributed by atoms with E-state index in [4.69, 9.17) is 17.3 Å². The molecular formula is C18H28ClN5O2S. The molecule has 0 radical (unpaired) electrons. The Hall–Kier alpha value is -1.51. The summed E-state index contributed by atoms with van der Waals surface area (Å²) in [5, 5.41) is 0.740. The largest absolute Gasteiger partial charge is 0.370 e. The lowest BCUT2D eigenvalue weighted by Gasteiger charge is -2.36. The second-order valence-electron chi connectivity index (χ2n) is 7.34. The number of anilines is 1. The van der Waals surface area contributed by atoms with Crippen molar-refractivity contribution in [1.82, 2.24) is 9.62 Å². The Balaban J connectivity index is 1.51. The molecule has 3 rings (SSSR count). The predicted octanol–water partition coefficient (Wildman–Crippen LogP) is 1.49. The summed E-state index contributed by atoms with van der Waals surface area (Å²) in [7, 11) is -3.19. The number of halogens is 1. The highest BCUT2D eigenvalue weighted by atomic mass is 35.5. The van der Waals surface area contributed by atoms with Crippen molar-refractivity contribution in [1.29, 1.82) is 0 Å². The second kappa shape index (κ2) is 8.67. The maximum Gasteiger partial charge on any atom is 0.208 e. The minimum Gasteiger partial charge on any atom is -0.370 e. The Labute approximate surface area is 166 Å². The number of rotatable bonds is 5. The summed E-state index contributed by atoms with van der Waals surface area (Å²) >= 11 is 5.95. The first-order valence-corrected chi connectivity index (χ1v) is 11.6. The highest BCUT2D eigenvalue weighted by Gasteiger charge is 2.29. The molecule has 2 fully saturated rings. The fraction of sp³-hybridized carbons (Fsp3) is 0.611. The summed E-state index contributed by atoms with van der Waals surface area (Å²) in [5.41, 5.74) is 7.37. The Bertz CT molecular complexity index is 760. The average molecular weight is 414 g/mol. The lowest BCUT2D eigenvalue weighted by molar-refractivity contribution is 0.377. The number of sulfonamides is 1. The molecule has 1 aliphatic carbocycles. The highest BCUT2D eigenvalue weighted by molar-refractivity contribution is 7.88. The first kappa shape index (κ1) is 20.2. The molecule has 1 saturated carbocycles. The van der Waals surface area contributed by atoms with Crippen LogP contribution < -0.4 is 15.4 Å². The van der Waals surface area contributed by atoms with Gasteiger partial charge in [-0.3, -0.25) is 4.99 Å². The molecule has 1 aromatic carbocycles. The maximum atomic E-state index is 11.5. The van der Waals surface area contributed by atoms with Crippen molar-refractivity contribution in [2.24, 2.45) is 16.6 Å². The van der Waals surface area contributed by atoms with Crippen LogP contribution in [0, 0.1) is 5.92 Å². The number of aliphatic imine (C=N–C) groups is 1. The van der Waals surface area contributed by atoms with E-state index < -0.39 is 10.0 Å². The molecule has 7 nitrogen and oxygen atoms in total. The number of nitrogens with zero attached hydrogens (tertiary/aromatic N) is 3. The van der Waals surface area contributed by atoms with E-state index in [9.17, 15) is 8.42 Å². The van der Waals surface area contributed by atoms with E-state index in [1.165, 1.54) is 6.26 Å². The summed E-state index contributed by atoms with van der Waals surface area (Å²) in [6, 6.07) is 7.84. The third-order valence-electron chi connectivity index (χ3n) is 5.31. The van der Waals surface area contributed by atoms with E-state index in [1.807, 2.05) is 24.3 Å². The molecule has 2 aliphatic rings. The highest BCUT2D eigenvalue weighted by Crippen LogP contribution is 2.26. The van der Waals surface area contributed by atoms with Gasteiger partial charge in [0.1, 0.15) is 0 Å². The molecule has 0 spiro atoms. The van der Waals surface area contributed by atoms with Crippen LogP contribution in [0.25, 0.3) is 0 Å². The quantitative estimate of drug-likeness (QED) is 0.563. The molecule has 1 heterocycles. The van der Waals surface area contributed by atoms with Gasteiger partial charge in [0.25, 0.3) is 0 Å². The fourth-order valence-electron chi connectivity index (χ4n) is 3.84. The first-order valence-electron chi connectivity index (χ1n) is 9.34. The molecule has 0 bridgehead atoms. The average Bonchev–Trinajstić information content (AvgIpc) is 3.05. The van der Waals surface area contributed by atoms with E-state index in [0.29, 0.717) is 12.5 Å². The molecule has 0 aromatic heterocycles. The number of hydrogen-bond acceptors (Lipinski definition) is 4. The molecule has 2 atom stereocenters. The Morgan fingerprint density at radius 2 is 1.89 bits per heavy atom. The second-order valence-corrected chi connectivity index (χ2v) is 9.55. The zero-order valence-corrected chi connectivity index (χ0v) is 17.2. The number of nitrogens with two attached hydrogens (primary N) is 1. The van der Waals surface area contributed by atoms with Crippen LogP contribution in [0.3, 0.4) is 0 Å². The Morgan fingerprint density at radius 3 is 2.52 bits per heavy atom. The van der Waals surface area contributed by atoms with E-state index in [-0.39, 0.29) is 12.0 Å². The molecule has 150 valence electrons. The van der Waals surface area contributed by atoms with Crippen molar-refractivity contribution in [3.63, 3.8) is 0 Å². The van der Waals surface area contributed by atoms with Crippen molar-refractivity contribution in [3.8, 4) is 0 Å². The van der Waals surface area contributed by atoms with E-state index >= 15 is 0 Å². The number of hydrogen-bond donors (Lipinski definition) is 2. The van der Waals surface area contributed by atoms with Crippen molar-refractivity contribution < 1.29 is 8.42 Å². The van der Waals surface area contributed by atoms with Gasteiger partial charge in [-0.05, 0) is 43.0 Å². The van der Waals surface area contributed by atoms with Crippen LogP contribution in [-0.4, -0.2) is 64.3 Å². The van der Waals surface area contributed by atoms with Crippen LogP contribution in [0.5, 0.6) is 0 Å². The predicted molar refractivity (Wildman–Crippen MR) is 111 cm³/mol. The lowest BCUT2D eigenvalue weighted by Crippen LogP contribution is -2.51. The Morgan fingerprint density at radius 1 is 1.22 bits per heavy atom. The summed E-state index contributed by atoms with van der Waals surface area (Å²) in [6.45, 7) is 3.94. The van der Waals surface area contributed by atoms with Crippen LogP contribution in [0.4, 0.5) is 5.69 Å². The summed E-state index contributed by atoms with van der Waals surface area (Å²) in [6.07, 6.45) is 4.08. The van der Waals surface area contributed by atoms with Gasteiger partial charge in [0, 0.05) is 49.5 Å². The van der Waals surface area contributed by atoms with Gasteiger partial charge in [-0.15, -0.1) is 0 Å². The van der Waals surface area contributed by atoms with Gasteiger partial charge >= 0.3 is 0 Å². The molecule has 27 heavy (non-hydrogen) atoms. The molecule has 1 aromatic rings. The van der Waals surface area contributed by atoms with Crippen molar-refractivity contribution in [2.75, 3.05) is 43.9 Å². The molecule has 2 unspecified atom stereocenters. The number of nitrogens with one attached hydrogen (secondary N) is 1. The number of benzene rings is 1. The monoisotopic (exact) mass is 413 g/mol. The van der Waals surface area contributed by atoms with Crippen molar-refractivity contribution in [2.45, 2.75) is 25.3 Å². The molecule has 0 amide bonds. The van der Waals surface area contributed by atoms with Gasteiger partial charge in [-0.25, -0.2) is 13.1 Å². The van der Waals surface area contributed by atoms with Crippen molar-refractivity contribution in [3.05, 3.63) is 29.3 Å². The third-order valence-corrected chi connectivity index (χ3v) is 6.29. The smallest absolute Gasteiger partial charge is 0.208 e. The van der Waals surface area contributed by atoms with Crippen LogP contribution >= 0.6 is 11.6 Å². The van der Waals surface area contributed by atoms with Crippen LogP contribution in [0.2, 0.25) is 5.02 Å². The summed E-state index contributed by atoms with van der Waals surface area (Å²) in [4.78, 5) is 8.98. The molecule has 9 heteroatoms. The minimum absolute atomic E-state index is 0.0293. The minimum atomic E-state index is -3.19. The number of guanidine groups is 1. The SMILES string of the molecule is CS(=O)(=O)NC1CCCC1CN=C(N)N1CCN(c2ccc(Cl)cc2)CC1. The Kier molecular flexibility index (Phi) is 6.49. The topological polar surface area (TPSA) is 91.0 Å². The standard InChI is InChI=1S/C18H28ClN5O2S/c1-27(25,26)22-17-4-2-3-14(17)13-21-18(20)24-11-9-23(10-12-24)16-7-5-15(19)6-8-16/h5-8,14,17,22H,2-4,9-13H2,1H3,(H2,20,21). The zero-order chi connectivity index (χ0) is 19.4. The van der Waals surface area contributed by atoms with E-state index in [1.54, 1.807) is 0 Å². The third kappa shape index (κ3) is 5.73. The zero-order valence-electron chi connectivity index (χ0n) is 15.6. The molecule has 3 N–H and O–H groups in total. The summed E-state index contributed by atoms with van der Waals surface area (Å²) < 4.78 is 25.7. The van der Waals surface area contributed by atoms with Gasteiger partial charge in [0.05, 0.1) is 6.26 Å². The van der Waals surface area contributed by atoms with E-state index in [0.717, 1.165) is 56.2 Å². The van der Waals surface area contributed by atoms with Gasteiger partial charge in [0.2, 0.25) is 10.0 Å². The number of piperazine rings is 1. The van der Waals surface area contributed by atoms with Crippen LogP contribution in [0.15, 0.2) is 29.3 Å². The van der Waals surface area contributed by atoms with Crippen LogP contribution in [-0.2, 0) is 10.0 Å².